The number of nitrogen functional groups attached to an aromatic ring is 2. The minimum atomic E-state index is -1.05. The quantitative estimate of drug-likeness (QED) is 0.752. The Hall–Kier alpha value is -3.39. The predicted octanol–water partition coefficient (Wildman–Crippen LogP) is 0.833. The molecule has 1 aromatic carbocycles. The van der Waals surface area contributed by atoms with Crippen molar-refractivity contribution in [1.29, 1.82) is 10.5 Å². The van der Waals surface area contributed by atoms with Gasteiger partial charge in [0, 0.05) is 5.56 Å². The maximum absolute atomic E-state index is 13.9. The van der Waals surface area contributed by atoms with E-state index >= 15 is 0 Å². The van der Waals surface area contributed by atoms with Crippen molar-refractivity contribution in [3.8, 4) is 23.3 Å². The number of nitrogens with two attached hydrogens (primary N) is 2. The second-order valence-electron chi connectivity index (χ2n) is 4.01. The van der Waals surface area contributed by atoms with E-state index in [9.17, 15) is 13.6 Å². The third-order valence-electron chi connectivity index (χ3n) is 2.88. The van der Waals surface area contributed by atoms with Crippen LogP contribution in [0.1, 0.15) is 11.1 Å². The van der Waals surface area contributed by atoms with Crippen LogP contribution in [0.5, 0.6) is 0 Å². The molecule has 0 atom stereocenters. The normalized spacial score (nSPS) is 9.90. The van der Waals surface area contributed by atoms with Gasteiger partial charge in [0.1, 0.15) is 40.7 Å². The lowest BCUT2D eigenvalue weighted by Gasteiger charge is -2.13. The molecule has 4 N–H and O–H groups in total. The highest BCUT2D eigenvalue weighted by molar-refractivity contribution is 5.81. The van der Waals surface area contributed by atoms with Gasteiger partial charge in [-0.05, 0) is 12.1 Å². The number of nitrogens with zero attached hydrogens (tertiary/aromatic N) is 3. The van der Waals surface area contributed by atoms with Crippen LogP contribution in [-0.4, -0.2) is 4.68 Å². The number of halogens is 2. The first-order valence-electron chi connectivity index (χ1n) is 5.52. The third-order valence-corrected chi connectivity index (χ3v) is 2.88. The number of nitriles is 2. The van der Waals surface area contributed by atoms with Crippen LogP contribution in [0.4, 0.5) is 14.6 Å². The molecule has 0 spiro atoms. The van der Waals surface area contributed by atoms with E-state index in [1.807, 2.05) is 0 Å². The lowest BCUT2D eigenvalue weighted by atomic mass is 9.95. The molecule has 2 rings (SSSR count). The molecule has 104 valence electrons. The van der Waals surface area contributed by atoms with Crippen molar-refractivity contribution in [2.75, 3.05) is 11.6 Å². The zero-order valence-electron chi connectivity index (χ0n) is 10.4. The largest absolute Gasteiger partial charge is 0.382 e. The van der Waals surface area contributed by atoms with E-state index < -0.39 is 45.3 Å². The van der Waals surface area contributed by atoms with E-state index in [2.05, 4.69) is 0 Å². The van der Waals surface area contributed by atoms with Gasteiger partial charge < -0.3 is 11.6 Å². The summed E-state index contributed by atoms with van der Waals surface area (Å²) >= 11 is 0. The second-order valence-corrected chi connectivity index (χ2v) is 4.01. The standard InChI is InChI=1S/C13H7F2N5O/c14-8-2-1-3-9(15)11(8)10-6(4-16)12(18)20(19)13(21)7(10)5-17/h1-3H,18-19H2. The Bertz CT molecular complexity index is 869. The van der Waals surface area contributed by atoms with Gasteiger partial charge in [-0.15, -0.1) is 0 Å². The van der Waals surface area contributed by atoms with E-state index in [1.54, 1.807) is 6.07 Å². The van der Waals surface area contributed by atoms with Crippen molar-refractivity contribution in [2.45, 2.75) is 0 Å². The molecule has 0 saturated heterocycles. The van der Waals surface area contributed by atoms with Gasteiger partial charge >= 0.3 is 0 Å². The summed E-state index contributed by atoms with van der Waals surface area (Å²) in [7, 11) is 0. The Labute approximate surface area is 117 Å². The van der Waals surface area contributed by atoms with Crippen LogP contribution >= 0.6 is 0 Å². The zero-order valence-corrected chi connectivity index (χ0v) is 10.4. The minimum absolute atomic E-state index is 0.388. The van der Waals surface area contributed by atoms with Gasteiger partial charge in [-0.1, -0.05) is 6.07 Å². The summed E-state index contributed by atoms with van der Waals surface area (Å²) in [5, 5.41) is 18.2. The van der Waals surface area contributed by atoms with Crippen molar-refractivity contribution in [3.05, 3.63) is 51.3 Å². The van der Waals surface area contributed by atoms with Crippen molar-refractivity contribution in [3.63, 3.8) is 0 Å². The van der Waals surface area contributed by atoms with Crippen molar-refractivity contribution in [1.82, 2.24) is 4.68 Å². The fourth-order valence-corrected chi connectivity index (χ4v) is 1.91. The molecule has 1 heterocycles. The van der Waals surface area contributed by atoms with Crippen molar-refractivity contribution >= 4 is 5.82 Å². The van der Waals surface area contributed by atoms with Gasteiger partial charge in [-0.2, -0.15) is 10.5 Å². The summed E-state index contributed by atoms with van der Waals surface area (Å²) < 4.78 is 28.2. The average molecular weight is 287 g/mol. The first-order valence-corrected chi connectivity index (χ1v) is 5.52. The molecule has 2 aromatic rings. The Balaban J connectivity index is 3.11. The first-order chi connectivity index (χ1) is 9.93. The van der Waals surface area contributed by atoms with Gasteiger partial charge in [0.25, 0.3) is 5.56 Å². The molecule has 0 amide bonds. The highest BCUT2D eigenvalue weighted by Gasteiger charge is 2.25. The van der Waals surface area contributed by atoms with Gasteiger partial charge in [-0.25, -0.2) is 13.5 Å². The summed E-state index contributed by atoms with van der Waals surface area (Å²) in [6, 6.07) is 6.10. The van der Waals surface area contributed by atoms with Crippen LogP contribution in [-0.2, 0) is 0 Å². The minimum Gasteiger partial charge on any atom is -0.382 e. The molecule has 8 heteroatoms. The van der Waals surface area contributed by atoms with Gasteiger partial charge in [0.2, 0.25) is 0 Å². The number of hydrogen-bond acceptors (Lipinski definition) is 5. The van der Waals surface area contributed by atoms with E-state index in [0.29, 0.717) is 4.68 Å². The van der Waals surface area contributed by atoms with Crippen LogP contribution in [0.25, 0.3) is 11.1 Å². The Morgan fingerprint density at radius 2 is 1.57 bits per heavy atom. The fraction of sp³-hybridized carbons (Fsp3) is 0. The molecular formula is C13H7F2N5O. The van der Waals surface area contributed by atoms with Crippen LogP contribution in [0.15, 0.2) is 23.0 Å². The van der Waals surface area contributed by atoms with E-state index in [1.165, 1.54) is 6.07 Å². The van der Waals surface area contributed by atoms with E-state index in [0.717, 1.165) is 18.2 Å². The summed E-state index contributed by atoms with van der Waals surface area (Å²) in [4.78, 5) is 11.9. The smallest absolute Gasteiger partial charge is 0.289 e. The van der Waals surface area contributed by atoms with Gasteiger partial charge in [0.05, 0.1) is 5.56 Å². The second kappa shape index (κ2) is 4.94. The van der Waals surface area contributed by atoms with Crippen LogP contribution in [0, 0.1) is 34.3 Å². The summed E-state index contributed by atoms with van der Waals surface area (Å²) in [6.45, 7) is 0. The molecule has 0 unspecified atom stereocenters. The molecular weight excluding hydrogens is 280 g/mol. The molecule has 0 bridgehead atoms. The third kappa shape index (κ3) is 1.95. The number of aromatic nitrogens is 1. The lowest BCUT2D eigenvalue weighted by molar-refractivity contribution is 0.589. The lowest BCUT2D eigenvalue weighted by Crippen LogP contribution is -2.33. The van der Waals surface area contributed by atoms with Crippen molar-refractivity contribution < 1.29 is 8.78 Å². The molecule has 0 aliphatic carbocycles. The predicted molar refractivity (Wildman–Crippen MR) is 70.0 cm³/mol. The molecule has 0 fully saturated rings. The Kier molecular flexibility index (Phi) is 3.30. The van der Waals surface area contributed by atoms with Crippen molar-refractivity contribution in [2.24, 2.45) is 0 Å². The van der Waals surface area contributed by atoms with E-state index in [4.69, 9.17) is 22.1 Å². The molecule has 0 radical (unpaired) electrons. The maximum Gasteiger partial charge on any atom is 0.289 e. The molecule has 0 aliphatic rings. The first kappa shape index (κ1) is 14.0. The van der Waals surface area contributed by atoms with Crippen LogP contribution in [0.3, 0.4) is 0 Å². The highest BCUT2D eigenvalue weighted by atomic mass is 19.1. The average Bonchev–Trinajstić information content (AvgIpc) is 2.45. The van der Waals surface area contributed by atoms with Crippen LogP contribution in [0.2, 0.25) is 0 Å². The highest BCUT2D eigenvalue weighted by Crippen LogP contribution is 2.32. The maximum atomic E-state index is 13.9. The van der Waals surface area contributed by atoms with E-state index in [-0.39, 0.29) is 0 Å². The number of hydrogen-bond donors (Lipinski definition) is 2. The monoisotopic (exact) mass is 287 g/mol. The molecule has 1 aromatic heterocycles. The van der Waals surface area contributed by atoms with Crippen LogP contribution < -0.4 is 17.1 Å². The molecule has 0 aliphatic heterocycles. The number of anilines is 1. The SMILES string of the molecule is N#Cc1c(-c2c(F)cccc2F)c(C#N)c(=O)n(N)c1N. The summed E-state index contributed by atoms with van der Waals surface area (Å²) in [5.74, 6) is 2.80. The summed E-state index contributed by atoms with van der Waals surface area (Å²) in [5.41, 5.74) is 2.19. The molecule has 21 heavy (non-hydrogen) atoms. The van der Waals surface area contributed by atoms with Gasteiger partial charge in [-0.3, -0.25) is 4.79 Å². The molecule has 0 saturated carbocycles. The summed E-state index contributed by atoms with van der Waals surface area (Å²) in [6.07, 6.45) is 0. The number of pyridine rings is 1. The Morgan fingerprint density at radius 3 is 2.05 bits per heavy atom. The number of benzene rings is 1. The molecule has 6 nitrogen and oxygen atoms in total. The Morgan fingerprint density at radius 1 is 1.05 bits per heavy atom. The fourth-order valence-electron chi connectivity index (χ4n) is 1.91. The zero-order chi connectivity index (χ0) is 15.7. The van der Waals surface area contributed by atoms with Gasteiger partial charge in [0.15, 0.2) is 0 Å². The number of rotatable bonds is 1. The topological polar surface area (TPSA) is 122 Å².